The van der Waals surface area contributed by atoms with E-state index < -0.39 is 22.2 Å². The molecule has 11 heteroatoms. The summed E-state index contributed by atoms with van der Waals surface area (Å²) in [5.41, 5.74) is 2.03. The first kappa shape index (κ1) is 24.0. The fourth-order valence-corrected chi connectivity index (χ4v) is 4.34. The number of nitrogens with zero attached hydrogens (tertiary/aromatic N) is 3. The van der Waals surface area contributed by atoms with Gasteiger partial charge >= 0.3 is 10.2 Å². The second-order valence-corrected chi connectivity index (χ2v) is 9.39. The Morgan fingerprint density at radius 2 is 1.91 bits per heavy atom. The Balaban J connectivity index is 1.64. The first-order chi connectivity index (χ1) is 16.7. The van der Waals surface area contributed by atoms with E-state index in [0.717, 1.165) is 11.1 Å². The molecular formula is C24H25N5O5S. The van der Waals surface area contributed by atoms with Crippen LogP contribution in [0.3, 0.4) is 0 Å². The summed E-state index contributed by atoms with van der Waals surface area (Å²) in [5.74, 6) is -0.313. The van der Waals surface area contributed by atoms with Gasteiger partial charge in [0.05, 0.1) is 17.5 Å². The second-order valence-electron chi connectivity index (χ2n) is 8.05. The van der Waals surface area contributed by atoms with E-state index in [2.05, 4.69) is 19.4 Å². The average Bonchev–Trinajstić information content (AvgIpc) is 3.43. The molecule has 4 rings (SSSR count). The molecule has 182 valence electrons. The summed E-state index contributed by atoms with van der Waals surface area (Å²) in [6.07, 6.45) is 2.16. The first-order valence-electron chi connectivity index (χ1n) is 10.8. The number of carbonyl (C=O) groups is 1. The molecule has 1 aliphatic rings. The van der Waals surface area contributed by atoms with Crippen molar-refractivity contribution in [3.8, 4) is 16.9 Å². The molecule has 3 N–H and O–H groups in total. The van der Waals surface area contributed by atoms with Crippen LogP contribution >= 0.6 is 0 Å². The van der Waals surface area contributed by atoms with Gasteiger partial charge in [-0.05, 0) is 30.2 Å². The lowest BCUT2D eigenvalue weighted by atomic mass is 10.1. The smallest absolute Gasteiger partial charge is 0.345 e. The Kier molecular flexibility index (Phi) is 6.61. The van der Waals surface area contributed by atoms with Crippen molar-refractivity contribution in [3.05, 3.63) is 72.2 Å². The number of aromatic hydroxyl groups is 1. The molecule has 0 saturated heterocycles. The molecule has 3 aromatic rings. The minimum absolute atomic E-state index is 0.0294. The first-order valence-corrected chi connectivity index (χ1v) is 12.3. The van der Waals surface area contributed by atoms with Gasteiger partial charge in [-0.2, -0.15) is 8.42 Å². The van der Waals surface area contributed by atoms with Gasteiger partial charge in [0.15, 0.2) is 17.4 Å². The maximum Gasteiger partial charge on any atom is 0.345 e. The largest absolute Gasteiger partial charge is 0.505 e. The highest BCUT2D eigenvalue weighted by Gasteiger charge is 2.29. The highest BCUT2D eigenvalue weighted by molar-refractivity contribution is 7.89. The maximum absolute atomic E-state index is 12.3. The van der Waals surface area contributed by atoms with Crippen molar-refractivity contribution in [2.45, 2.75) is 19.4 Å². The highest BCUT2D eigenvalue weighted by Crippen LogP contribution is 2.31. The lowest BCUT2D eigenvalue weighted by Crippen LogP contribution is -2.31. The van der Waals surface area contributed by atoms with Gasteiger partial charge in [-0.3, -0.25) is 9.79 Å². The number of anilines is 1. The van der Waals surface area contributed by atoms with Crippen molar-refractivity contribution < 1.29 is 22.7 Å². The number of amides is 1. The predicted molar refractivity (Wildman–Crippen MR) is 134 cm³/mol. The molecule has 0 fully saturated rings. The summed E-state index contributed by atoms with van der Waals surface area (Å²) in [6, 6.07) is 15.6. The van der Waals surface area contributed by atoms with Crippen LogP contribution in [0.15, 0.2) is 74.7 Å². The third-order valence-corrected chi connectivity index (χ3v) is 6.19. The zero-order valence-electron chi connectivity index (χ0n) is 19.4. The Hall–Kier alpha value is -4.12. The minimum Gasteiger partial charge on any atom is -0.505 e. The number of nitrogens with one attached hydrogen (secondary N) is 2. The van der Waals surface area contributed by atoms with Gasteiger partial charge < -0.3 is 19.7 Å². The number of hydrogen-bond acceptors (Lipinski definition) is 7. The Morgan fingerprint density at radius 3 is 2.60 bits per heavy atom. The predicted octanol–water partition coefficient (Wildman–Crippen LogP) is 3.56. The molecule has 1 aromatic heterocycles. The van der Waals surface area contributed by atoms with Crippen LogP contribution in [-0.4, -0.2) is 50.1 Å². The SMILES string of the molecule is CC[C@@H](N=C1NS(=O)(=O)N=C1Nc1cccc(C(=O)N(C)C)c1O)c1cc(-c2ccccc2)co1. The average molecular weight is 496 g/mol. The van der Waals surface area contributed by atoms with Gasteiger partial charge in [0.2, 0.25) is 0 Å². The highest BCUT2D eigenvalue weighted by atomic mass is 32.2. The molecule has 0 bridgehead atoms. The number of hydrogen-bond donors (Lipinski definition) is 3. The Bertz CT molecular complexity index is 1410. The van der Waals surface area contributed by atoms with Gasteiger partial charge in [-0.25, -0.2) is 4.72 Å². The number of carbonyl (C=O) groups excluding carboxylic acids is 1. The van der Waals surface area contributed by atoms with Crippen molar-refractivity contribution in [1.82, 2.24) is 9.62 Å². The summed E-state index contributed by atoms with van der Waals surface area (Å²) in [4.78, 5) is 18.2. The lowest BCUT2D eigenvalue weighted by Gasteiger charge is -2.15. The van der Waals surface area contributed by atoms with Crippen LogP contribution in [0.1, 0.15) is 35.5 Å². The van der Waals surface area contributed by atoms with E-state index in [9.17, 15) is 18.3 Å². The molecule has 0 saturated carbocycles. The number of aliphatic imine (C=N–C) groups is 1. The third kappa shape index (κ3) is 5.19. The molecule has 0 aliphatic carbocycles. The van der Waals surface area contributed by atoms with Crippen molar-refractivity contribution >= 4 is 33.5 Å². The molecule has 1 amide bonds. The number of amidine groups is 2. The molecular weight excluding hydrogens is 470 g/mol. The Morgan fingerprint density at radius 1 is 1.17 bits per heavy atom. The zero-order chi connectivity index (χ0) is 25.2. The number of rotatable bonds is 6. The van der Waals surface area contributed by atoms with E-state index in [-0.39, 0.29) is 28.7 Å². The van der Waals surface area contributed by atoms with E-state index in [0.29, 0.717) is 12.2 Å². The molecule has 10 nitrogen and oxygen atoms in total. The van der Waals surface area contributed by atoms with Crippen molar-refractivity contribution in [2.75, 3.05) is 19.4 Å². The number of phenolic OH excluding ortho intramolecular Hbond substituents is 1. The van der Waals surface area contributed by atoms with Gasteiger partial charge in [0, 0.05) is 19.7 Å². The quantitative estimate of drug-likeness (QED) is 0.447. The van der Waals surface area contributed by atoms with Crippen molar-refractivity contribution in [3.63, 3.8) is 0 Å². The van der Waals surface area contributed by atoms with E-state index >= 15 is 0 Å². The molecule has 1 atom stereocenters. The minimum atomic E-state index is -4.03. The van der Waals surface area contributed by atoms with E-state index in [1.54, 1.807) is 26.4 Å². The molecule has 0 unspecified atom stereocenters. The number of para-hydroxylation sites is 1. The number of furan rings is 1. The molecule has 2 aromatic carbocycles. The van der Waals surface area contributed by atoms with Crippen LogP contribution in [0.5, 0.6) is 5.75 Å². The monoisotopic (exact) mass is 495 g/mol. The van der Waals surface area contributed by atoms with Gasteiger partial charge in [-0.15, -0.1) is 4.40 Å². The maximum atomic E-state index is 12.3. The number of benzene rings is 2. The summed E-state index contributed by atoms with van der Waals surface area (Å²) in [5, 5.41) is 13.4. The summed E-state index contributed by atoms with van der Waals surface area (Å²) < 4.78 is 36.2. The fraction of sp³-hybridized carbons (Fsp3) is 0.208. The van der Waals surface area contributed by atoms with E-state index in [1.165, 1.54) is 17.0 Å². The normalized spacial score (nSPS) is 16.4. The van der Waals surface area contributed by atoms with Crippen LogP contribution in [0.25, 0.3) is 11.1 Å². The van der Waals surface area contributed by atoms with Crippen LogP contribution in [0.2, 0.25) is 0 Å². The van der Waals surface area contributed by atoms with Gasteiger partial charge in [0.25, 0.3) is 5.91 Å². The topological polar surface area (TPSA) is 137 Å². The lowest BCUT2D eigenvalue weighted by molar-refractivity contribution is 0.0824. The third-order valence-electron chi connectivity index (χ3n) is 5.31. The molecule has 0 radical (unpaired) electrons. The van der Waals surface area contributed by atoms with E-state index in [4.69, 9.17) is 4.42 Å². The standard InChI is InChI=1S/C24H25N5O5S/c1-4-18(20-13-16(14-34-20)15-9-6-5-7-10-15)25-22-23(28-35(32,33)27-22)26-19-12-8-11-17(21(19)30)24(31)29(2)3/h5-14,18,30H,4H2,1-3H3,(H,25,27)(H,26,28)/t18-/m1/s1. The van der Waals surface area contributed by atoms with Crippen LogP contribution in [0.4, 0.5) is 5.69 Å². The summed E-state index contributed by atoms with van der Waals surface area (Å²) in [7, 11) is -0.909. The van der Waals surface area contributed by atoms with Crippen molar-refractivity contribution in [2.24, 2.45) is 9.39 Å². The number of phenols is 1. The van der Waals surface area contributed by atoms with Crippen LogP contribution in [-0.2, 0) is 10.2 Å². The molecule has 1 aliphatic heterocycles. The summed E-state index contributed by atoms with van der Waals surface area (Å²) in [6.45, 7) is 1.90. The molecule has 0 spiro atoms. The summed E-state index contributed by atoms with van der Waals surface area (Å²) >= 11 is 0. The van der Waals surface area contributed by atoms with Crippen LogP contribution < -0.4 is 10.0 Å². The molecule has 2 heterocycles. The fourth-order valence-electron chi connectivity index (χ4n) is 3.53. The van der Waals surface area contributed by atoms with E-state index in [1.807, 2.05) is 43.3 Å². The Labute approximate surface area is 203 Å². The zero-order valence-corrected chi connectivity index (χ0v) is 20.2. The van der Waals surface area contributed by atoms with Gasteiger partial charge in [-0.1, -0.05) is 43.3 Å². The van der Waals surface area contributed by atoms with Crippen LogP contribution in [0, 0.1) is 0 Å². The second kappa shape index (κ2) is 9.63. The van der Waals surface area contributed by atoms with Crippen molar-refractivity contribution in [1.29, 1.82) is 0 Å². The van der Waals surface area contributed by atoms with Gasteiger partial charge in [0.1, 0.15) is 11.8 Å². The molecule has 35 heavy (non-hydrogen) atoms.